The Labute approximate surface area is 146 Å². The van der Waals surface area contributed by atoms with Crippen LogP contribution < -0.4 is 20.1 Å². The third-order valence-corrected chi connectivity index (χ3v) is 3.71. The summed E-state index contributed by atoms with van der Waals surface area (Å²) in [4.78, 5) is 12.0. The second kappa shape index (κ2) is 9.15. The minimum absolute atomic E-state index is 0.113. The van der Waals surface area contributed by atoms with Gasteiger partial charge in [-0.25, -0.2) is 0 Å². The van der Waals surface area contributed by atoms with Crippen molar-refractivity contribution in [3.63, 3.8) is 0 Å². The van der Waals surface area contributed by atoms with Crippen LogP contribution in [0.3, 0.4) is 0 Å². The lowest BCUT2D eigenvalue weighted by Crippen LogP contribution is -2.29. The highest BCUT2D eigenvalue weighted by Crippen LogP contribution is 2.29. The lowest BCUT2D eigenvalue weighted by molar-refractivity contribution is -0.115. The van der Waals surface area contributed by atoms with Gasteiger partial charge in [0.05, 0.1) is 20.8 Å². The Hall–Kier alpha value is -2.24. The van der Waals surface area contributed by atoms with Crippen LogP contribution in [-0.2, 0) is 11.2 Å². The quantitative estimate of drug-likeness (QED) is 0.720. The number of rotatable bonds is 8. The van der Waals surface area contributed by atoms with Crippen LogP contribution in [0, 0.1) is 0 Å². The second-order valence-corrected chi connectivity index (χ2v) is 5.61. The maximum absolute atomic E-state index is 12.0. The normalized spacial score (nSPS) is 10.3. The predicted octanol–water partition coefficient (Wildman–Crippen LogP) is 3.13. The van der Waals surface area contributed by atoms with Crippen molar-refractivity contribution in [2.45, 2.75) is 6.42 Å². The van der Waals surface area contributed by atoms with E-state index in [4.69, 9.17) is 21.1 Å². The number of amides is 1. The highest BCUT2D eigenvalue weighted by Gasteiger charge is 2.07. The molecule has 0 atom stereocenters. The van der Waals surface area contributed by atoms with Gasteiger partial charge in [0.1, 0.15) is 0 Å². The van der Waals surface area contributed by atoms with Crippen molar-refractivity contribution in [3.8, 4) is 11.5 Å². The third kappa shape index (κ3) is 5.44. The second-order valence-electron chi connectivity index (χ2n) is 5.17. The van der Waals surface area contributed by atoms with Crippen molar-refractivity contribution in [2.75, 3.05) is 32.6 Å². The summed E-state index contributed by atoms with van der Waals surface area (Å²) in [6.07, 6.45) is 0.834. The minimum atomic E-state index is -0.113. The standard InChI is InChI=1S/C18H21ClN2O3/c1-23-16-8-7-15(11-17(16)24-2)21-18(22)12-20-10-9-13-3-5-14(19)6-4-13/h3-8,11,20H,9-10,12H2,1-2H3,(H,21,22). The van der Waals surface area contributed by atoms with E-state index >= 15 is 0 Å². The summed E-state index contributed by atoms with van der Waals surface area (Å²) in [6.45, 7) is 0.947. The van der Waals surface area contributed by atoms with Crippen molar-refractivity contribution >= 4 is 23.2 Å². The fourth-order valence-electron chi connectivity index (χ4n) is 2.20. The molecule has 0 saturated heterocycles. The number of carbonyl (C=O) groups is 1. The van der Waals surface area contributed by atoms with E-state index in [2.05, 4.69) is 10.6 Å². The van der Waals surface area contributed by atoms with Crippen molar-refractivity contribution in [2.24, 2.45) is 0 Å². The molecular formula is C18H21ClN2O3. The zero-order valence-electron chi connectivity index (χ0n) is 13.8. The van der Waals surface area contributed by atoms with Gasteiger partial charge in [-0.3, -0.25) is 4.79 Å². The van der Waals surface area contributed by atoms with Crippen LogP contribution >= 0.6 is 11.6 Å². The monoisotopic (exact) mass is 348 g/mol. The van der Waals surface area contributed by atoms with E-state index in [-0.39, 0.29) is 12.5 Å². The Kier molecular flexibility index (Phi) is 6.90. The van der Waals surface area contributed by atoms with Crippen molar-refractivity contribution in [3.05, 3.63) is 53.1 Å². The van der Waals surface area contributed by atoms with Gasteiger partial charge in [-0.15, -0.1) is 0 Å². The summed E-state index contributed by atoms with van der Waals surface area (Å²) in [5.41, 5.74) is 1.84. The summed E-state index contributed by atoms with van der Waals surface area (Å²) >= 11 is 5.85. The number of benzene rings is 2. The molecule has 2 N–H and O–H groups in total. The van der Waals surface area contributed by atoms with Gasteiger partial charge in [0.15, 0.2) is 11.5 Å². The Morgan fingerprint density at radius 3 is 2.42 bits per heavy atom. The molecule has 0 aliphatic carbocycles. The van der Waals surface area contributed by atoms with Crippen LogP contribution in [0.25, 0.3) is 0 Å². The first-order valence-electron chi connectivity index (χ1n) is 7.59. The van der Waals surface area contributed by atoms with E-state index in [9.17, 15) is 4.79 Å². The van der Waals surface area contributed by atoms with E-state index in [1.807, 2.05) is 24.3 Å². The van der Waals surface area contributed by atoms with Crippen LogP contribution in [0.5, 0.6) is 11.5 Å². The summed E-state index contributed by atoms with van der Waals surface area (Å²) in [6, 6.07) is 12.9. The summed E-state index contributed by atoms with van der Waals surface area (Å²) < 4.78 is 10.4. The molecular weight excluding hydrogens is 328 g/mol. The molecule has 2 aromatic carbocycles. The van der Waals surface area contributed by atoms with Gasteiger partial charge in [-0.2, -0.15) is 0 Å². The number of hydrogen-bond donors (Lipinski definition) is 2. The molecule has 2 aromatic rings. The highest BCUT2D eigenvalue weighted by atomic mass is 35.5. The lowest BCUT2D eigenvalue weighted by Gasteiger charge is -2.11. The van der Waals surface area contributed by atoms with Gasteiger partial charge in [0.2, 0.25) is 5.91 Å². The average molecular weight is 349 g/mol. The predicted molar refractivity (Wildman–Crippen MR) is 96.2 cm³/mol. The molecule has 24 heavy (non-hydrogen) atoms. The number of carbonyl (C=O) groups excluding carboxylic acids is 1. The number of methoxy groups -OCH3 is 2. The summed E-state index contributed by atoms with van der Waals surface area (Å²) in [5.74, 6) is 1.08. The molecule has 6 heteroatoms. The summed E-state index contributed by atoms with van der Waals surface area (Å²) in [7, 11) is 3.13. The first-order chi connectivity index (χ1) is 11.6. The Morgan fingerprint density at radius 1 is 1.04 bits per heavy atom. The molecule has 0 heterocycles. The van der Waals surface area contributed by atoms with Crippen LogP contribution in [0.4, 0.5) is 5.69 Å². The SMILES string of the molecule is COc1ccc(NC(=O)CNCCc2ccc(Cl)cc2)cc1OC. The van der Waals surface area contributed by atoms with E-state index < -0.39 is 0 Å². The van der Waals surface area contributed by atoms with E-state index in [1.165, 1.54) is 5.56 Å². The maximum atomic E-state index is 12.0. The molecule has 0 unspecified atom stereocenters. The molecule has 0 bridgehead atoms. The van der Waals surface area contributed by atoms with Crippen LogP contribution in [-0.4, -0.2) is 33.2 Å². The molecule has 0 aliphatic rings. The van der Waals surface area contributed by atoms with Crippen LogP contribution in [0.15, 0.2) is 42.5 Å². The van der Waals surface area contributed by atoms with Gasteiger partial charge in [0.25, 0.3) is 0 Å². The largest absolute Gasteiger partial charge is 0.493 e. The maximum Gasteiger partial charge on any atom is 0.238 e. The third-order valence-electron chi connectivity index (χ3n) is 3.46. The van der Waals surface area contributed by atoms with Crippen molar-refractivity contribution in [1.82, 2.24) is 5.32 Å². The molecule has 1 amide bonds. The fraction of sp³-hybridized carbons (Fsp3) is 0.278. The zero-order valence-corrected chi connectivity index (χ0v) is 14.5. The van der Waals surface area contributed by atoms with Crippen molar-refractivity contribution < 1.29 is 14.3 Å². The molecule has 0 radical (unpaired) electrons. The number of anilines is 1. The Bertz CT molecular complexity index is 674. The molecule has 0 saturated carbocycles. The molecule has 0 fully saturated rings. The van der Waals surface area contributed by atoms with Gasteiger partial charge in [-0.05, 0) is 42.8 Å². The average Bonchev–Trinajstić information content (AvgIpc) is 2.60. The van der Waals surface area contributed by atoms with Gasteiger partial charge in [0, 0.05) is 16.8 Å². The van der Waals surface area contributed by atoms with Crippen LogP contribution in [0.2, 0.25) is 5.02 Å². The molecule has 2 rings (SSSR count). The first-order valence-corrected chi connectivity index (χ1v) is 7.97. The highest BCUT2D eigenvalue weighted by molar-refractivity contribution is 6.30. The van der Waals surface area contributed by atoms with E-state index in [0.717, 1.165) is 11.4 Å². The number of hydrogen-bond acceptors (Lipinski definition) is 4. The smallest absolute Gasteiger partial charge is 0.238 e. The Morgan fingerprint density at radius 2 is 1.75 bits per heavy atom. The van der Waals surface area contributed by atoms with Crippen LogP contribution in [0.1, 0.15) is 5.56 Å². The van der Waals surface area contributed by atoms with Crippen molar-refractivity contribution in [1.29, 1.82) is 0 Å². The Balaban J connectivity index is 1.76. The lowest BCUT2D eigenvalue weighted by atomic mass is 10.1. The van der Waals surface area contributed by atoms with Gasteiger partial charge < -0.3 is 20.1 Å². The van der Waals surface area contributed by atoms with E-state index in [1.54, 1.807) is 32.4 Å². The molecule has 5 nitrogen and oxygen atoms in total. The van der Waals surface area contributed by atoms with Gasteiger partial charge in [-0.1, -0.05) is 23.7 Å². The van der Waals surface area contributed by atoms with Gasteiger partial charge >= 0.3 is 0 Å². The molecule has 128 valence electrons. The number of halogens is 1. The molecule has 0 aliphatic heterocycles. The van der Waals surface area contributed by atoms with E-state index in [0.29, 0.717) is 23.7 Å². The first kappa shape index (κ1) is 18.1. The zero-order chi connectivity index (χ0) is 17.4. The molecule has 0 aromatic heterocycles. The minimum Gasteiger partial charge on any atom is -0.493 e. The topological polar surface area (TPSA) is 59.6 Å². The summed E-state index contributed by atoms with van der Waals surface area (Å²) in [5, 5.41) is 6.66. The number of nitrogens with one attached hydrogen (secondary N) is 2. The number of ether oxygens (including phenoxy) is 2. The molecule has 0 spiro atoms. The fourth-order valence-corrected chi connectivity index (χ4v) is 2.33.